The van der Waals surface area contributed by atoms with Crippen molar-refractivity contribution < 1.29 is 9.47 Å². The number of aryl methyl sites for hydroxylation is 1. The van der Waals surface area contributed by atoms with Gasteiger partial charge in [-0.3, -0.25) is 0 Å². The number of methoxy groups -OCH3 is 1. The van der Waals surface area contributed by atoms with Crippen LogP contribution < -0.4 is 10.5 Å². The van der Waals surface area contributed by atoms with Crippen molar-refractivity contribution in [3.8, 4) is 5.75 Å². The molecule has 0 aliphatic rings. The molecule has 0 fully saturated rings. The maximum atomic E-state index is 6.13. The minimum absolute atomic E-state index is 0.147. The zero-order valence-electron chi connectivity index (χ0n) is 11.4. The van der Waals surface area contributed by atoms with Gasteiger partial charge in [-0.05, 0) is 38.8 Å². The molecule has 1 aromatic rings. The molecule has 1 aromatic carbocycles. The quantitative estimate of drug-likeness (QED) is 0.856. The van der Waals surface area contributed by atoms with E-state index in [1.807, 2.05) is 26.8 Å². The lowest BCUT2D eigenvalue weighted by atomic mass is 10.00. The van der Waals surface area contributed by atoms with Crippen molar-refractivity contribution in [1.29, 1.82) is 0 Å². The molecule has 0 spiro atoms. The highest BCUT2D eigenvalue weighted by atomic mass is 16.5. The van der Waals surface area contributed by atoms with Crippen molar-refractivity contribution in [2.45, 2.75) is 39.8 Å². The van der Waals surface area contributed by atoms with Crippen molar-refractivity contribution >= 4 is 0 Å². The van der Waals surface area contributed by atoms with E-state index in [4.69, 9.17) is 15.2 Å². The Balaban J connectivity index is 2.93. The van der Waals surface area contributed by atoms with Crippen LogP contribution >= 0.6 is 0 Å². The highest BCUT2D eigenvalue weighted by Gasteiger charge is 2.15. The lowest BCUT2D eigenvalue weighted by Crippen LogP contribution is -2.20. The van der Waals surface area contributed by atoms with Gasteiger partial charge in [0.05, 0.1) is 25.9 Å². The van der Waals surface area contributed by atoms with Gasteiger partial charge in [0, 0.05) is 5.56 Å². The summed E-state index contributed by atoms with van der Waals surface area (Å²) in [5.41, 5.74) is 9.50. The second kappa shape index (κ2) is 6.03. The third-order valence-electron chi connectivity index (χ3n) is 2.92. The average Bonchev–Trinajstić information content (AvgIpc) is 2.29. The fourth-order valence-corrected chi connectivity index (χ4v) is 1.76. The number of rotatable bonds is 5. The average molecular weight is 237 g/mol. The largest absolute Gasteiger partial charge is 0.496 e. The summed E-state index contributed by atoms with van der Waals surface area (Å²) < 4.78 is 11.0. The van der Waals surface area contributed by atoms with Crippen molar-refractivity contribution in [2.24, 2.45) is 5.73 Å². The molecule has 0 aliphatic heterocycles. The lowest BCUT2D eigenvalue weighted by molar-refractivity contribution is 0.0678. The summed E-state index contributed by atoms with van der Waals surface area (Å²) in [4.78, 5) is 0. The van der Waals surface area contributed by atoms with E-state index in [2.05, 4.69) is 13.0 Å². The van der Waals surface area contributed by atoms with Crippen LogP contribution in [-0.4, -0.2) is 19.8 Å². The summed E-state index contributed by atoms with van der Waals surface area (Å²) in [6.07, 6.45) is 0.193. The van der Waals surface area contributed by atoms with Gasteiger partial charge in [0.2, 0.25) is 0 Å². The van der Waals surface area contributed by atoms with Crippen LogP contribution in [0.25, 0.3) is 0 Å². The standard InChI is InChI=1S/C14H23NO2/c1-9(2)17-8-13(15)12-7-6-10(3)11(4)14(12)16-5/h6-7,9,13H,8,15H2,1-5H3. The Hall–Kier alpha value is -1.06. The molecule has 3 nitrogen and oxygen atoms in total. The first kappa shape index (κ1) is 14.0. The fourth-order valence-electron chi connectivity index (χ4n) is 1.76. The summed E-state index contributed by atoms with van der Waals surface area (Å²) >= 11 is 0. The summed E-state index contributed by atoms with van der Waals surface area (Å²) in [5, 5.41) is 0. The van der Waals surface area contributed by atoms with Crippen molar-refractivity contribution in [3.05, 3.63) is 28.8 Å². The first-order valence-electron chi connectivity index (χ1n) is 5.98. The zero-order valence-corrected chi connectivity index (χ0v) is 11.4. The van der Waals surface area contributed by atoms with Crippen LogP contribution in [0, 0.1) is 13.8 Å². The second-order valence-corrected chi connectivity index (χ2v) is 4.62. The third kappa shape index (κ3) is 3.45. The van der Waals surface area contributed by atoms with Crippen LogP contribution in [-0.2, 0) is 4.74 Å². The molecule has 0 radical (unpaired) electrons. The molecule has 0 aliphatic carbocycles. The molecule has 1 rings (SSSR count). The first-order chi connectivity index (χ1) is 7.97. The van der Waals surface area contributed by atoms with Gasteiger partial charge in [-0.2, -0.15) is 0 Å². The van der Waals surface area contributed by atoms with E-state index in [0.29, 0.717) is 6.61 Å². The third-order valence-corrected chi connectivity index (χ3v) is 2.92. The Morgan fingerprint density at radius 3 is 2.41 bits per heavy atom. The molecule has 17 heavy (non-hydrogen) atoms. The fraction of sp³-hybridized carbons (Fsp3) is 0.571. The Morgan fingerprint density at radius 1 is 1.24 bits per heavy atom. The van der Waals surface area contributed by atoms with Crippen LogP contribution in [0.3, 0.4) is 0 Å². The molecular weight excluding hydrogens is 214 g/mol. The monoisotopic (exact) mass is 237 g/mol. The molecule has 0 heterocycles. The van der Waals surface area contributed by atoms with E-state index in [9.17, 15) is 0 Å². The van der Waals surface area contributed by atoms with E-state index < -0.39 is 0 Å². The Bertz CT molecular complexity index is 375. The summed E-state index contributed by atoms with van der Waals surface area (Å²) in [5.74, 6) is 0.879. The van der Waals surface area contributed by atoms with E-state index >= 15 is 0 Å². The summed E-state index contributed by atoms with van der Waals surface area (Å²) in [6, 6.07) is 3.95. The predicted octanol–water partition coefficient (Wildman–Crippen LogP) is 2.74. The Morgan fingerprint density at radius 2 is 1.88 bits per heavy atom. The molecule has 1 atom stereocenters. The number of ether oxygens (including phenoxy) is 2. The molecule has 96 valence electrons. The van der Waals surface area contributed by atoms with Gasteiger partial charge in [-0.15, -0.1) is 0 Å². The molecule has 1 unspecified atom stereocenters. The van der Waals surface area contributed by atoms with E-state index in [1.54, 1.807) is 7.11 Å². The number of hydrogen-bond donors (Lipinski definition) is 1. The normalized spacial score (nSPS) is 12.9. The van der Waals surface area contributed by atoms with Gasteiger partial charge in [0.25, 0.3) is 0 Å². The minimum Gasteiger partial charge on any atom is -0.496 e. The van der Waals surface area contributed by atoms with Gasteiger partial charge in [-0.1, -0.05) is 12.1 Å². The maximum absolute atomic E-state index is 6.13. The van der Waals surface area contributed by atoms with E-state index in [1.165, 1.54) is 5.56 Å². The smallest absolute Gasteiger partial charge is 0.126 e. The summed E-state index contributed by atoms with van der Waals surface area (Å²) in [7, 11) is 1.68. The van der Waals surface area contributed by atoms with Crippen LogP contribution in [0.1, 0.15) is 36.6 Å². The van der Waals surface area contributed by atoms with Crippen LogP contribution in [0.15, 0.2) is 12.1 Å². The Kier molecular flexibility index (Phi) is 4.97. The van der Waals surface area contributed by atoms with Crippen LogP contribution in [0.2, 0.25) is 0 Å². The molecule has 0 bridgehead atoms. The lowest BCUT2D eigenvalue weighted by Gasteiger charge is -2.19. The number of hydrogen-bond acceptors (Lipinski definition) is 3. The zero-order chi connectivity index (χ0) is 13.0. The van der Waals surface area contributed by atoms with Gasteiger partial charge in [0.1, 0.15) is 5.75 Å². The first-order valence-corrected chi connectivity index (χ1v) is 5.98. The Labute approximate surface area is 104 Å². The van der Waals surface area contributed by atoms with Gasteiger partial charge in [0.15, 0.2) is 0 Å². The van der Waals surface area contributed by atoms with E-state index in [-0.39, 0.29) is 12.1 Å². The molecule has 0 saturated carbocycles. The SMILES string of the molecule is COc1c(C(N)COC(C)C)ccc(C)c1C. The van der Waals surface area contributed by atoms with Crippen LogP contribution in [0.4, 0.5) is 0 Å². The van der Waals surface area contributed by atoms with Crippen molar-refractivity contribution in [1.82, 2.24) is 0 Å². The molecule has 0 amide bonds. The number of nitrogens with two attached hydrogens (primary N) is 1. The van der Waals surface area contributed by atoms with Crippen molar-refractivity contribution in [3.63, 3.8) is 0 Å². The predicted molar refractivity (Wildman–Crippen MR) is 70.5 cm³/mol. The molecular formula is C14H23NO2. The van der Waals surface area contributed by atoms with Crippen molar-refractivity contribution in [2.75, 3.05) is 13.7 Å². The van der Waals surface area contributed by atoms with Crippen LogP contribution in [0.5, 0.6) is 5.75 Å². The molecule has 3 heteroatoms. The second-order valence-electron chi connectivity index (χ2n) is 4.62. The summed E-state index contributed by atoms with van der Waals surface area (Å²) in [6.45, 7) is 8.64. The molecule has 0 aromatic heterocycles. The number of benzene rings is 1. The van der Waals surface area contributed by atoms with E-state index in [0.717, 1.165) is 16.9 Å². The highest BCUT2D eigenvalue weighted by molar-refractivity contribution is 5.46. The molecule has 0 saturated heterocycles. The molecule has 2 N–H and O–H groups in total. The van der Waals surface area contributed by atoms with Gasteiger partial charge >= 0.3 is 0 Å². The topological polar surface area (TPSA) is 44.5 Å². The van der Waals surface area contributed by atoms with Gasteiger partial charge < -0.3 is 15.2 Å². The minimum atomic E-state index is -0.147. The van der Waals surface area contributed by atoms with Gasteiger partial charge in [-0.25, -0.2) is 0 Å². The maximum Gasteiger partial charge on any atom is 0.126 e. The highest BCUT2D eigenvalue weighted by Crippen LogP contribution is 2.30.